The van der Waals surface area contributed by atoms with E-state index >= 15 is 0 Å². The Labute approximate surface area is 169 Å². The van der Waals surface area contributed by atoms with Crippen molar-refractivity contribution < 1.29 is 14.3 Å². The predicted octanol–water partition coefficient (Wildman–Crippen LogP) is 2.77. The van der Waals surface area contributed by atoms with Gasteiger partial charge in [-0.15, -0.1) is 0 Å². The van der Waals surface area contributed by atoms with E-state index in [-0.39, 0.29) is 18.2 Å². The molecule has 0 saturated carbocycles. The number of hydrogen-bond donors (Lipinski definition) is 1. The van der Waals surface area contributed by atoms with Gasteiger partial charge >= 0.3 is 0 Å². The Kier molecular flexibility index (Phi) is 5.50. The van der Waals surface area contributed by atoms with Gasteiger partial charge in [-0.05, 0) is 29.8 Å². The van der Waals surface area contributed by atoms with Gasteiger partial charge in [-0.2, -0.15) is 0 Å². The van der Waals surface area contributed by atoms with E-state index in [4.69, 9.17) is 16.3 Å². The molecule has 0 unspecified atom stereocenters. The molecule has 2 heterocycles. The molecule has 2 aromatic rings. The number of carbonyl (C=O) groups is 2. The third-order valence-corrected chi connectivity index (χ3v) is 5.32. The van der Waals surface area contributed by atoms with Crippen LogP contribution in [0.25, 0.3) is 0 Å². The molecule has 1 fully saturated rings. The van der Waals surface area contributed by atoms with Crippen LogP contribution in [-0.4, -0.2) is 53.9 Å². The lowest BCUT2D eigenvalue weighted by atomic mass is 10.1. The van der Waals surface area contributed by atoms with Gasteiger partial charge < -0.3 is 15.0 Å². The molecular formula is C21H22ClN3O3. The van der Waals surface area contributed by atoms with Gasteiger partial charge in [0.2, 0.25) is 5.91 Å². The zero-order valence-corrected chi connectivity index (χ0v) is 16.2. The maximum atomic E-state index is 12.7. The Hall–Kier alpha value is -2.57. The third-order valence-electron chi connectivity index (χ3n) is 5.09. The van der Waals surface area contributed by atoms with Gasteiger partial charge in [0, 0.05) is 37.7 Å². The van der Waals surface area contributed by atoms with E-state index in [1.165, 1.54) is 5.56 Å². The highest BCUT2D eigenvalue weighted by Crippen LogP contribution is 2.29. The minimum atomic E-state index is -0.785. The average Bonchev–Trinajstić information content (AvgIpc) is 2.69. The number of para-hydroxylation sites is 2. The molecule has 0 spiro atoms. The second kappa shape index (κ2) is 8.20. The summed E-state index contributed by atoms with van der Waals surface area (Å²) < 4.78 is 5.73. The van der Waals surface area contributed by atoms with Crippen LogP contribution in [0.4, 0.5) is 5.69 Å². The van der Waals surface area contributed by atoms with Crippen LogP contribution in [0.3, 0.4) is 0 Å². The van der Waals surface area contributed by atoms with Crippen molar-refractivity contribution in [2.45, 2.75) is 19.1 Å². The van der Waals surface area contributed by atoms with Crippen LogP contribution in [0.15, 0.2) is 48.5 Å². The first-order valence-electron chi connectivity index (χ1n) is 9.39. The Morgan fingerprint density at radius 1 is 1.11 bits per heavy atom. The molecule has 0 bridgehead atoms. The van der Waals surface area contributed by atoms with E-state index in [9.17, 15) is 9.59 Å². The monoisotopic (exact) mass is 399 g/mol. The maximum Gasteiger partial charge on any atom is 0.266 e. The molecule has 0 aromatic heterocycles. The van der Waals surface area contributed by atoms with Gasteiger partial charge in [0.1, 0.15) is 5.75 Å². The Bertz CT molecular complexity index is 881. The van der Waals surface area contributed by atoms with E-state index in [1.54, 1.807) is 12.1 Å². The number of rotatable bonds is 4. The highest BCUT2D eigenvalue weighted by Gasteiger charge is 2.32. The van der Waals surface area contributed by atoms with Gasteiger partial charge in [0.25, 0.3) is 5.91 Å². The number of hydrogen-bond acceptors (Lipinski definition) is 4. The van der Waals surface area contributed by atoms with Crippen LogP contribution in [0, 0.1) is 0 Å². The standard InChI is InChI=1S/C21H22ClN3O3/c22-16-5-3-4-15(12-16)14-24-8-10-25(11-9-24)20(26)13-19-21(27)23-17-6-1-2-7-18(17)28-19/h1-7,12,19H,8-11,13-14H2,(H,23,27)/t19-/m1/s1. The minimum Gasteiger partial charge on any atom is -0.478 e. The van der Waals surface area contributed by atoms with E-state index < -0.39 is 6.10 Å². The van der Waals surface area contributed by atoms with Crippen molar-refractivity contribution in [3.8, 4) is 5.75 Å². The molecule has 2 aliphatic rings. The lowest BCUT2D eigenvalue weighted by molar-refractivity contribution is -0.138. The lowest BCUT2D eigenvalue weighted by Crippen LogP contribution is -2.50. The van der Waals surface area contributed by atoms with Crippen LogP contribution in [-0.2, 0) is 16.1 Å². The Morgan fingerprint density at radius 2 is 1.89 bits per heavy atom. The van der Waals surface area contributed by atoms with Crippen molar-refractivity contribution in [1.29, 1.82) is 0 Å². The van der Waals surface area contributed by atoms with Gasteiger partial charge in [-0.1, -0.05) is 35.9 Å². The summed E-state index contributed by atoms with van der Waals surface area (Å²) >= 11 is 6.05. The largest absolute Gasteiger partial charge is 0.478 e. The normalized spacial score (nSPS) is 19.5. The number of amides is 2. The predicted molar refractivity (Wildman–Crippen MR) is 107 cm³/mol. The van der Waals surface area contributed by atoms with E-state index in [0.717, 1.165) is 24.7 Å². The molecule has 1 N–H and O–H groups in total. The molecule has 1 saturated heterocycles. The number of halogens is 1. The van der Waals surface area contributed by atoms with Crippen LogP contribution in [0.1, 0.15) is 12.0 Å². The molecule has 146 valence electrons. The molecule has 0 radical (unpaired) electrons. The summed E-state index contributed by atoms with van der Waals surface area (Å²) in [6.07, 6.45) is -0.735. The quantitative estimate of drug-likeness (QED) is 0.858. The number of nitrogens with zero attached hydrogens (tertiary/aromatic N) is 2. The molecule has 0 aliphatic carbocycles. The van der Waals surface area contributed by atoms with E-state index in [1.807, 2.05) is 35.2 Å². The Balaban J connectivity index is 1.29. The smallest absolute Gasteiger partial charge is 0.266 e. The zero-order valence-electron chi connectivity index (χ0n) is 15.4. The highest BCUT2D eigenvalue weighted by molar-refractivity contribution is 6.30. The number of benzene rings is 2. The van der Waals surface area contributed by atoms with Crippen molar-refractivity contribution in [3.05, 3.63) is 59.1 Å². The topological polar surface area (TPSA) is 61.9 Å². The molecule has 1 atom stereocenters. The molecule has 2 aromatic carbocycles. The van der Waals surface area contributed by atoms with Crippen molar-refractivity contribution in [1.82, 2.24) is 9.80 Å². The molecule has 4 rings (SSSR count). The fraction of sp³-hybridized carbons (Fsp3) is 0.333. The average molecular weight is 400 g/mol. The second-order valence-electron chi connectivity index (χ2n) is 7.08. The molecule has 28 heavy (non-hydrogen) atoms. The first-order valence-corrected chi connectivity index (χ1v) is 9.77. The summed E-state index contributed by atoms with van der Waals surface area (Å²) in [5.74, 6) is 0.278. The van der Waals surface area contributed by atoms with E-state index in [2.05, 4.69) is 16.3 Å². The van der Waals surface area contributed by atoms with Gasteiger partial charge in [-0.3, -0.25) is 14.5 Å². The molecule has 2 aliphatic heterocycles. The fourth-order valence-corrected chi connectivity index (χ4v) is 3.78. The van der Waals surface area contributed by atoms with Gasteiger partial charge in [0.05, 0.1) is 12.1 Å². The summed E-state index contributed by atoms with van der Waals surface area (Å²) in [6.45, 7) is 3.68. The molecule has 6 nitrogen and oxygen atoms in total. The summed E-state index contributed by atoms with van der Waals surface area (Å²) in [6, 6.07) is 15.1. The Morgan fingerprint density at radius 3 is 2.68 bits per heavy atom. The van der Waals surface area contributed by atoms with Crippen LogP contribution >= 0.6 is 11.6 Å². The van der Waals surface area contributed by atoms with E-state index in [0.29, 0.717) is 24.5 Å². The van der Waals surface area contributed by atoms with Gasteiger partial charge in [0.15, 0.2) is 6.10 Å². The summed E-state index contributed by atoms with van der Waals surface area (Å²) in [4.78, 5) is 29.0. The number of piperazine rings is 1. The van der Waals surface area contributed by atoms with Gasteiger partial charge in [-0.25, -0.2) is 0 Å². The maximum absolute atomic E-state index is 12.7. The second-order valence-corrected chi connectivity index (χ2v) is 7.52. The number of fused-ring (bicyclic) bond motifs is 1. The minimum absolute atomic E-state index is 0.0501. The molecular weight excluding hydrogens is 378 g/mol. The SMILES string of the molecule is O=C1Nc2ccccc2O[C@@H]1CC(=O)N1CCN(Cc2cccc(Cl)c2)CC1. The van der Waals surface area contributed by atoms with Crippen molar-refractivity contribution >= 4 is 29.1 Å². The van der Waals surface area contributed by atoms with Crippen molar-refractivity contribution in [3.63, 3.8) is 0 Å². The summed E-state index contributed by atoms with van der Waals surface area (Å²) in [7, 11) is 0. The first-order chi connectivity index (χ1) is 13.6. The molecule has 7 heteroatoms. The molecule has 2 amide bonds. The third kappa shape index (κ3) is 4.29. The van der Waals surface area contributed by atoms with Crippen molar-refractivity contribution in [2.24, 2.45) is 0 Å². The number of nitrogens with one attached hydrogen (secondary N) is 1. The summed E-state index contributed by atoms with van der Waals surface area (Å²) in [5.41, 5.74) is 1.81. The first kappa shape index (κ1) is 18.8. The number of ether oxygens (including phenoxy) is 1. The van der Waals surface area contributed by atoms with Crippen LogP contribution in [0.2, 0.25) is 5.02 Å². The van der Waals surface area contributed by atoms with Crippen molar-refractivity contribution in [2.75, 3.05) is 31.5 Å². The van der Waals surface area contributed by atoms with Crippen LogP contribution in [0.5, 0.6) is 5.75 Å². The number of anilines is 1. The zero-order chi connectivity index (χ0) is 19.5. The lowest BCUT2D eigenvalue weighted by Gasteiger charge is -2.35. The summed E-state index contributed by atoms with van der Waals surface area (Å²) in [5, 5.41) is 3.54. The highest BCUT2D eigenvalue weighted by atomic mass is 35.5. The number of carbonyl (C=O) groups excluding carboxylic acids is 2. The van der Waals surface area contributed by atoms with Crippen LogP contribution < -0.4 is 10.1 Å². The fourth-order valence-electron chi connectivity index (χ4n) is 3.56.